The Labute approximate surface area is 204 Å². The molecule has 0 radical (unpaired) electrons. The van der Waals surface area contributed by atoms with Crippen LogP contribution >= 0.6 is 0 Å². The fraction of sp³-hybridized carbons (Fsp3) is 0.250. The zero-order valence-electron chi connectivity index (χ0n) is 19.9. The molecule has 1 aromatic heterocycles. The molecule has 0 unspecified atom stereocenters. The van der Waals surface area contributed by atoms with Crippen LogP contribution in [-0.4, -0.2) is 59.9 Å². The average molecular weight is 475 g/mol. The molecule has 0 aliphatic carbocycles. The summed E-state index contributed by atoms with van der Waals surface area (Å²) in [6, 6.07) is 18.8. The van der Waals surface area contributed by atoms with Gasteiger partial charge in [-0.05, 0) is 55.1 Å². The smallest absolute Gasteiger partial charge is 0.131 e. The van der Waals surface area contributed by atoms with Gasteiger partial charge in [0.25, 0.3) is 0 Å². The third-order valence-electron chi connectivity index (χ3n) is 6.55. The van der Waals surface area contributed by atoms with E-state index in [4.69, 9.17) is 9.84 Å². The first kappa shape index (κ1) is 23.2. The molecule has 3 aromatic carbocycles. The molecule has 5 nitrogen and oxygen atoms in total. The second kappa shape index (κ2) is 9.98. The highest BCUT2D eigenvalue weighted by Crippen LogP contribution is 2.35. The highest BCUT2D eigenvalue weighted by atomic mass is 19.1. The molecule has 180 valence electrons. The third-order valence-corrected chi connectivity index (χ3v) is 6.55. The van der Waals surface area contributed by atoms with E-state index >= 15 is 0 Å². The van der Waals surface area contributed by atoms with Crippen LogP contribution in [0.5, 0.6) is 5.75 Å². The van der Waals surface area contributed by atoms with Gasteiger partial charge in [0.1, 0.15) is 17.4 Å². The molecule has 1 fully saturated rings. The van der Waals surface area contributed by atoms with Gasteiger partial charge in [0.05, 0.1) is 24.7 Å². The number of nitrogens with zero attached hydrogens (tertiary/aromatic N) is 4. The van der Waals surface area contributed by atoms with Gasteiger partial charge >= 0.3 is 0 Å². The van der Waals surface area contributed by atoms with E-state index in [1.54, 1.807) is 19.2 Å². The first-order valence-corrected chi connectivity index (χ1v) is 11.7. The van der Waals surface area contributed by atoms with Gasteiger partial charge in [-0.3, -0.25) is 4.90 Å². The SMILES string of the molecule is COc1ccccc1-c1c(CN2CCN(C)CC2)cnn1-c1ccc(-c2cc(F)ccc2F)cc1. The zero-order valence-corrected chi connectivity index (χ0v) is 19.9. The van der Waals surface area contributed by atoms with Gasteiger partial charge in [-0.2, -0.15) is 5.10 Å². The number of hydrogen-bond acceptors (Lipinski definition) is 4. The van der Waals surface area contributed by atoms with Crippen molar-refractivity contribution in [3.05, 3.63) is 90.1 Å². The lowest BCUT2D eigenvalue weighted by Gasteiger charge is -2.32. The van der Waals surface area contributed by atoms with Crippen LogP contribution in [0.3, 0.4) is 0 Å². The fourth-order valence-electron chi connectivity index (χ4n) is 4.57. The first-order valence-electron chi connectivity index (χ1n) is 11.7. The number of rotatable bonds is 6. The van der Waals surface area contributed by atoms with Crippen LogP contribution in [0, 0.1) is 11.6 Å². The second-order valence-corrected chi connectivity index (χ2v) is 8.88. The van der Waals surface area contributed by atoms with Crippen LogP contribution < -0.4 is 4.74 Å². The molecule has 0 atom stereocenters. The summed E-state index contributed by atoms with van der Waals surface area (Å²) in [4.78, 5) is 4.78. The Kier molecular flexibility index (Phi) is 6.61. The number of benzene rings is 3. The molecule has 2 heterocycles. The van der Waals surface area contributed by atoms with E-state index in [2.05, 4.69) is 16.8 Å². The van der Waals surface area contributed by atoms with Crippen molar-refractivity contribution in [2.45, 2.75) is 6.54 Å². The van der Waals surface area contributed by atoms with Gasteiger partial charge in [-0.15, -0.1) is 0 Å². The predicted octanol–water partition coefficient (Wildman–Crippen LogP) is 5.24. The summed E-state index contributed by atoms with van der Waals surface area (Å²) in [5.41, 5.74) is 4.70. The second-order valence-electron chi connectivity index (χ2n) is 8.88. The molecule has 5 rings (SSSR count). The van der Waals surface area contributed by atoms with Gasteiger partial charge in [0.2, 0.25) is 0 Å². The quantitative estimate of drug-likeness (QED) is 0.383. The van der Waals surface area contributed by atoms with Gasteiger partial charge in [-0.1, -0.05) is 24.3 Å². The van der Waals surface area contributed by atoms with Crippen LogP contribution in [-0.2, 0) is 6.54 Å². The standard InChI is InChI=1S/C28H28F2N4O/c1-32-13-15-33(16-14-32)19-21-18-31-34(28(21)24-5-3-4-6-27(24)35-2)23-10-7-20(8-11-23)25-17-22(29)9-12-26(25)30/h3-12,17-18H,13-16,19H2,1-2H3. The van der Waals surface area contributed by atoms with E-state index in [0.29, 0.717) is 5.56 Å². The van der Waals surface area contributed by atoms with E-state index in [9.17, 15) is 8.78 Å². The maximum absolute atomic E-state index is 14.3. The third kappa shape index (κ3) is 4.83. The Morgan fingerprint density at radius 2 is 1.63 bits per heavy atom. The summed E-state index contributed by atoms with van der Waals surface area (Å²) in [5, 5.41) is 4.74. The van der Waals surface area contributed by atoms with Crippen molar-refractivity contribution in [1.29, 1.82) is 0 Å². The van der Waals surface area contributed by atoms with E-state index < -0.39 is 11.6 Å². The topological polar surface area (TPSA) is 33.5 Å². The molecule has 0 saturated carbocycles. The minimum Gasteiger partial charge on any atom is -0.496 e. The van der Waals surface area contributed by atoms with Gasteiger partial charge in [0.15, 0.2) is 0 Å². The highest BCUT2D eigenvalue weighted by molar-refractivity contribution is 5.73. The van der Waals surface area contributed by atoms with E-state index in [0.717, 1.165) is 73.1 Å². The molecule has 0 bridgehead atoms. The fourth-order valence-corrected chi connectivity index (χ4v) is 4.57. The number of aromatic nitrogens is 2. The van der Waals surface area contributed by atoms with E-state index in [-0.39, 0.29) is 5.56 Å². The molecule has 0 amide bonds. The van der Waals surface area contributed by atoms with Crippen molar-refractivity contribution in [2.24, 2.45) is 0 Å². The summed E-state index contributed by atoms with van der Waals surface area (Å²) in [7, 11) is 3.82. The molecule has 35 heavy (non-hydrogen) atoms. The van der Waals surface area contributed by atoms with Crippen LogP contribution in [0.2, 0.25) is 0 Å². The summed E-state index contributed by atoms with van der Waals surface area (Å²) in [5.74, 6) is -0.153. The highest BCUT2D eigenvalue weighted by Gasteiger charge is 2.22. The normalized spacial score (nSPS) is 14.9. The largest absolute Gasteiger partial charge is 0.496 e. The molecular formula is C28H28F2N4O. The molecule has 0 spiro atoms. The molecular weight excluding hydrogens is 446 g/mol. The van der Waals surface area contributed by atoms with Gasteiger partial charge in [0, 0.05) is 49.4 Å². The molecule has 1 aliphatic heterocycles. The van der Waals surface area contributed by atoms with E-state index in [1.807, 2.05) is 47.3 Å². The number of ether oxygens (including phenoxy) is 1. The number of para-hydroxylation sites is 1. The summed E-state index contributed by atoms with van der Waals surface area (Å²) in [6.45, 7) is 4.86. The zero-order chi connectivity index (χ0) is 24.4. The number of piperazine rings is 1. The minimum absolute atomic E-state index is 0.234. The first-order chi connectivity index (χ1) is 17.0. The summed E-state index contributed by atoms with van der Waals surface area (Å²) >= 11 is 0. The lowest BCUT2D eigenvalue weighted by Crippen LogP contribution is -2.43. The van der Waals surface area contributed by atoms with Crippen molar-refractivity contribution < 1.29 is 13.5 Å². The Morgan fingerprint density at radius 1 is 0.886 bits per heavy atom. The van der Waals surface area contributed by atoms with Gasteiger partial charge < -0.3 is 9.64 Å². The van der Waals surface area contributed by atoms with Crippen LogP contribution in [0.15, 0.2) is 72.9 Å². The van der Waals surface area contributed by atoms with E-state index in [1.165, 1.54) is 6.07 Å². The summed E-state index contributed by atoms with van der Waals surface area (Å²) in [6.07, 6.45) is 1.92. The number of halogens is 2. The van der Waals surface area contributed by atoms with Crippen molar-refractivity contribution in [2.75, 3.05) is 40.3 Å². The van der Waals surface area contributed by atoms with Gasteiger partial charge in [-0.25, -0.2) is 13.5 Å². The Morgan fingerprint density at radius 3 is 2.37 bits per heavy atom. The van der Waals surface area contributed by atoms with Crippen molar-refractivity contribution in [3.8, 4) is 33.8 Å². The Hall–Kier alpha value is -3.55. The molecule has 1 aliphatic rings. The monoisotopic (exact) mass is 474 g/mol. The number of methoxy groups -OCH3 is 1. The molecule has 0 N–H and O–H groups in total. The lowest BCUT2D eigenvalue weighted by molar-refractivity contribution is 0.148. The summed E-state index contributed by atoms with van der Waals surface area (Å²) < 4.78 is 35.6. The van der Waals surface area contributed by atoms with Crippen LogP contribution in [0.1, 0.15) is 5.56 Å². The maximum atomic E-state index is 14.3. The van der Waals surface area contributed by atoms with Crippen molar-refractivity contribution in [3.63, 3.8) is 0 Å². The number of likely N-dealkylation sites (N-methyl/N-ethyl adjacent to an activating group) is 1. The predicted molar refractivity (Wildman–Crippen MR) is 134 cm³/mol. The minimum atomic E-state index is -0.468. The van der Waals surface area contributed by atoms with Crippen LogP contribution in [0.4, 0.5) is 8.78 Å². The molecule has 4 aromatic rings. The molecule has 7 heteroatoms. The maximum Gasteiger partial charge on any atom is 0.131 e. The Balaban J connectivity index is 1.54. The average Bonchev–Trinajstić information content (AvgIpc) is 3.30. The van der Waals surface area contributed by atoms with Crippen molar-refractivity contribution >= 4 is 0 Å². The Bertz CT molecular complexity index is 1310. The lowest BCUT2D eigenvalue weighted by atomic mass is 10.0. The van der Waals surface area contributed by atoms with Crippen LogP contribution in [0.25, 0.3) is 28.1 Å². The number of hydrogen-bond donors (Lipinski definition) is 0. The van der Waals surface area contributed by atoms with Crippen molar-refractivity contribution in [1.82, 2.24) is 19.6 Å². The molecule has 1 saturated heterocycles.